The average molecular weight is 897 g/mol. The van der Waals surface area contributed by atoms with Crippen LogP contribution in [0.2, 0.25) is 0 Å². The summed E-state index contributed by atoms with van der Waals surface area (Å²) in [4.78, 5) is 13.4. The van der Waals surface area contributed by atoms with E-state index in [4.69, 9.17) is 9.97 Å². The molecule has 8 aromatic carbocycles. The summed E-state index contributed by atoms with van der Waals surface area (Å²) < 4.78 is 2.40. The van der Waals surface area contributed by atoms with Crippen LogP contribution in [0.1, 0.15) is 98.6 Å². The SMILES string of the molecule is CCCCCCc1ccc(-c2cc(-n3c4ccccc4c4cc5c(cc43)C(c3ccccc3)(c3ccccc3)c3ccccc3N5c3ccccc3)nc(-c3ccc(CCCCCC)cc3)n2)cc1. The first kappa shape index (κ1) is 44.0. The van der Waals surface area contributed by atoms with Crippen molar-refractivity contribution in [2.24, 2.45) is 0 Å². The zero-order valence-electron chi connectivity index (χ0n) is 40.0. The van der Waals surface area contributed by atoms with Gasteiger partial charge in [-0.05, 0) is 95.5 Å². The Morgan fingerprint density at radius 3 is 1.62 bits per heavy atom. The highest BCUT2D eigenvalue weighted by molar-refractivity contribution is 6.12. The number of fused-ring (bicyclic) bond motifs is 5. The molecule has 4 nitrogen and oxygen atoms in total. The molecule has 69 heavy (non-hydrogen) atoms. The summed E-state index contributed by atoms with van der Waals surface area (Å²) in [6.45, 7) is 4.55. The highest BCUT2D eigenvalue weighted by atomic mass is 15.2. The molecule has 340 valence electrons. The summed E-state index contributed by atoms with van der Waals surface area (Å²) >= 11 is 0. The van der Waals surface area contributed by atoms with E-state index in [9.17, 15) is 0 Å². The van der Waals surface area contributed by atoms with Crippen molar-refractivity contribution in [1.29, 1.82) is 0 Å². The van der Waals surface area contributed by atoms with Gasteiger partial charge in [-0.25, -0.2) is 9.97 Å². The van der Waals surface area contributed by atoms with Crippen molar-refractivity contribution in [1.82, 2.24) is 14.5 Å². The molecule has 4 heteroatoms. The van der Waals surface area contributed by atoms with Gasteiger partial charge in [-0.3, -0.25) is 4.57 Å². The van der Waals surface area contributed by atoms with Gasteiger partial charge >= 0.3 is 0 Å². The maximum absolute atomic E-state index is 5.57. The van der Waals surface area contributed by atoms with E-state index >= 15 is 0 Å². The molecule has 0 saturated heterocycles. The fourth-order valence-electron chi connectivity index (χ4n) is 11.0. The molecule has 0 bridgehead atoms. The van der Waals surface area contributed by atoms with E-state index in [1.54, 1.807) is 0 Å². The Morgan fingerprint density at radius 1 is 0.420 bits per heavy atom. The second-order valence-electron chi connectivity index (χ2n) is 18.9. The van der Waals surface area contributed by atoms with E-state index in [2.05, 4.69) is 230 Å². The largest absolute Gasteiger partial charge is 0.310 e. The Labute approximate surface area is 408 Å². The number of para-hydroxylation sites is 3. The molecule has 0 amide bonds. The minimum atomic E-state index is -0.659. The molecule has 0 spiro atoms. The van der Waals surface area contributed by atoms with Crippen LogP contribution < -0.4 is 4.90 Å². The normalized spacial score (nSPS) is 12.9. The maximum atomic E-state index is 5.57. The van der Waals surface area contributed by atoms with Gasteiger partial charge in [0, 0.05) is 33.7 Å². The van der Waals surface area contributed by atoms with Crippen LogP contribution in [0.15, 0.2) is 206 Å². The Hall–Kier alpha value is -7.56. The smallest absolute Gasteiger partial charge is 0.162 e. The van der Waals surface area contributed by atoms with Gasteiger partial charge < -0.3 is 4.90 Å². The molecule has 2 aromatic heterocycles. The van der Waals surface area contributed by atoms with E-state index in [0.29, 0.717) is 0 Å². The first-order chi connectivity index (χ1) is 34.1. The lowest BCUT2D eigenvalue weighted by atomic mass is 9.62. The minimum absolute atomic E-state index is 0.659. The van der Waals surface area contributed by atoms with Crippen molar-refractivity contribution in [2.75, 3.05) is 4.90 Å². The molecule has 0 atom stereocenters. The second-order valence-corrected chi connectivity index (χ2v) is 18.9. The summed E-state index contributed by atoms with van der Waals surface area (Å²) in [5, 5.41) is 2.34. The van der Waals surface area contributed by atoms with Crippen molar-refractivity contribution < 1.29 is 0 Å². The summed E-state index contributed by atoms with van der Waals surface area (Å²) in [5.41, 5.74) is 15.6. The number of unbranched alkanes of at least 4 members (excludes halogenated alkanes) is 6. The standard InChI is InChI=1S/C65H60N4/c1-3-5-7-12-24-47-36-40-49(41-37-47)58-46-63(67-64(66-58)50-42-38-48(39-43-50)25-13-8-6-4-2)69-59-34-22-20-32-54(59)55-44-62-57(45-61(55)69)65(51-26-14-9-15-27-51,52-28-16-10-17-29-52)56-33-21-23-35-60(56)68(62)53-30-18-11-19-31-53/h9-11,14-23,26-46H,3-8,12-13,24-25H2,1-2H3. The average Bonchev–Trinajstić information content (AvgIpc) is 3.74. The van der Waals surface area contributed by atoms with Crippen LogP contribution in [0.4, 0.5) is 17.1 Å². The molecular formula is C65H60N4. The van der Waals surface area contributed by atoms with Crippen LogP contribution in [0, 0.1) is 0 Å². The maximum Gasteiger partial charge on any atom is 0.162 e. The number of hydrogen-bond donors (Lipinski definition) is 0. The molecule has 0 radical (unpaired) electrons. The van der Waals surface area contributed by atoms with Crippen LogP contribution in [-0.4, -0.2) is 14.5 Å². The number of benzene rings is 8. The zero-order valence-corrected chi connectivity index (χ0v) is 40.0. The lowest BCUT2D eigenvalue weighted by Gasteiger charge is -2.46. The lowest BCUT2D eigenvalue weighted by Crippen LogP contribution is -2.37. The first-order valence-corrected chi connectivity index (χ1v) is 25.4. The fourth-order valence-corrected chi connectivity index (χ4v) is 11.0. The quantitative estimate of drug-likeness (QED) is 0.0906. The predicted molar refractivity (Wildman–Crippen MR) is 289 cm³/mol. The van der Waals surface area contributed by atoms with Crippen molar-refractivity contribution in [2.45, 2.75) is 83.5 Å². The van der Waals surface area contributed by atoms with Gasteiger partial charge in [0.25, 0.3) is 0 Å². The molecule has 0 saturated carbocycles. The number of aromatic nitrogens is 3. The van der Waals surface area contributed by atoms with Crippen molar-refractivity contribution in [3.63, 3.8) is 0 Å². The first-order valence-electron chi connectivity index (χ1n) is 25.4. The van der Waals surface area contributed by atoms with Crippen molar-refractivity contribution in [3.05, 3.63) is 240 Å². The summed E-state index contributed by atoms with van der Waals surface area (Å²) in [6, 6.07) is 76.2. The molecule has 1 aliphatic heterocycles. The highest BCUT2D eigenvalue weighted by Crippen LogP contribution is 2.59. The van der Waals surface area contributed by atoms with E-state index in [0.717, 1.165) is 69.4 Å². The molecule has 10 aromatic rings. The second kappa shape index (κ2) is 19.6. The summed E-state index contributed by atoms with van der Waals surface area (Å²) in [7, 11) is 0. The third kappa shape index (κ3) is 8.22. The molecule has 0 N–H and O–H groups in total. The van der Waals surface area contributed by atoms with E-state index in [-0.39, 0.29) is 0 Å². The van der Waals surface area contributed by atoms with Gasteiger partial charge in [-0.1, -0.05) is 216 Å². The van der Waals surface area contributed by atoms with Gasteiger partial charge in [0.15, 0.2) is 5.82 Å². The number of anilines is 3. The summed E-state index contributed by atoms with van der Waals surface area (Å²) in [5.74, 6) is 1.56. The van der Waals surface area contributed by atoms with Crippen LogP contribution in [-0.2, 0) is 18.3 Å². The van der Waals surface area contributed by atoms with Crippen LogP contribution in [0.25, 0.3) is 50.3 Å². The van der Waals surface area contributed by atoms with Gasteiger partial charge in [-0.2, -0.15) is 0 Å². The monoisotopic (exact) mass is 896 g/mol. The van der Waals surface area contributed by atoms with Gasteiger partial charge in [-0.15, -0.1) is 0 Å². The highest BCUT2D eigenvalue weighted by Gasteiger charge is 2.47. The third-order valence-corrected chi connectivity index (χ3v) is 14.5. The van der Waals surface area contributed by atoms with Crippen molar-refractivity contribution in [3.8, 4) is 28.5 Å². The molecule has 1 aliphatic rings. The fraction of sp³-hybridized carbons (Fsp3) is 0.200. The van der Waals surface area contributed by atoms with E-state index in [1.165, 1.54) is 95.5 Å². The molecule has 0 fully saturated rings. The molecular weight excluding hydrogens is 837 g/mol. The van der Waals surface area contributed by atoms with E-state index < -0.39 is 5.41 Å². The number of hydrogen-bond acceptors (Lipinski definition) is 3. The molecule has 0 unspecified atom stereocenters. The number of nitrogens with zero attached hydrogens (tertiary/aromatic N) is 4. The molecule has 0 aliphatic carbocycles. The van der Waals surface area contributed by atoms with Gasteiger partial charge in [0.2, 0.25) is 0 Å². The minimum Gasteiger partial charge on any atom is -0.310 e. The Morgan fingerprint density at radius 2 is 0.986 bits per heavy atom. The summed E-state index contributed by atoms with van der Waals surface area (Å²) in [6.07, 6.45) is 12.2. The number of aryl methyl sites for hydroxylation is 2. The zero-order chi connectivity index (χ0) is 46.6. The third-order valence-electron chi connectivity index (χ3n) is 14.5. The topological polar surface area (TPSA) is 34.0 Å². The van der Waals surface area contributed by atoms with Gasteiger partial charge in [0.1, 0.15) is 5.82 Å². The van der Waals surface area contributed by atoms with E-state index in [1.807, 2.05) is 0 Å². The Balaban J connectivity index is 1.17. The Kier molecular flexibility index (Phi) is 12.5. The molecule has 3 heterocycles. The van der Waals surface area contributed by atoms with Gasteiger partial charge in [0.05, 0.1) is 33.5 Å². The molecule has 11 rings (SSSR count). The Bertz CT molecular complexity index is 3220. The van der Waals surface area contributed by atoms with Crippen LogP contribution in [0.5, 0.6) is 0 Å². The van der Waals surface area contributed by atoms with Crippen LogP contribution in [0.3, 0.4) is 0 Å². The lowest BCUT2D eigenvalue weighted by molar-refractivity contribution is 0.667. The predicted octanol–water partition coefficient (Wildman–Crippen LogP) is 17.3. The van der Waals surface area contributed by atoms with Crippen molar-refractivity contribution >= 4 is 38.9 Å². The van der Waals surface area contributed by atoms with Crippen LogP contribution >= 0.6 is 0 Å². The number of rotatable bonds is 16.